The Kier molecular flexibility index (Phi) is 4.95. The zero-order chi connectivity index (χ0) is 18.2. The summed E-state index contributed by atoms with van der Waals surface area (Å²) in [4.78, 5) is 12.7. The fraction of sp³-hybridized carbons (Fsp3) is 0.667. The van der Waals surface area contributed by atoms with Crippen LogP contribution in [0.15, 0.2) is 30.3 Å². The second-order valence-electron chi connectivity index (χ2n) is 8.79. The lowest BCUT2D eigenvalue weighted by atomic mass is 9.78. The van der Waals surface area contributed by atoms with Gasteiger partial charge in [-0.3, -0.25) is 4.79 Å². The highest BCUT2D eigenvalue weighted by molar-refractivity contribution is 5.75. The summed E-state index contributed by atoms with van der Waals surface area (Å²) < 4.78 is 18.0. The summed E-state index contributed by atoms with van der Waals surface area (Å²) in [5.74, 6) is -1.19. The van der Waals surface area contributed by atoms with E-state index in [4.69, 9.17) is 14.2 Å². The lowest BCUT2D eigenvalue weighted by Crippen LogP contribution is -2.59. The first-order valence-electron chi connectivity index (χ1n) is 9.26. The van der Waals surface area contributed by atoms with E-state index < -0.39 is 5.79 Å². The standard InChI is InChI=1S/C21H30O4/c1-20(2,3)17-13-16-18(19(22)23-17)15(24-21(4,5)25-16)12-11-14-9-7-6-8-10-14/h6-10,15-18H,11-13H2,1-5H3. The Balaban J connectivity index is 1.76. The Labute approximate surface area is 150 Å². The van der Waals surface area contributed by atoms with Gasteiger partial charge in [0.1, 0.15) is 12.0 Å². The molecule has 2 heterocycles. The molecular formula is C21H30O4. The van der Waals surface area contributed by atoms with Crippen molar-refractivity contribution in [2.75, 3.05) is 0 Å². The summed E-state index contributed by atoms with van der Waals surface area (Å²) in [6.45, 7) is 10.2. The minimum atomic E-state index is -0.678. The topological polar surface area (TPSA) is 44.8 Å². The number of aryl methyl sites for hydroxylation is 1. The molecule has 138 valence electrons. The van der Waals surface area contributed by atoms with Crippen molar-refractivity contribution in [1.82, 2.24) is 0 Å². The maximum atomic E-state index is 12.7. The molecule has 4 heteroatoms. The summed E-state index contributed by atoms with van der Waals surface area (Å²) in [6.07, 6.45) is 1.95. The van der Waals surface area contributed by atoms with Crippen molar-refractivity contribution in [2.24, 2.45) is 11.3 Å². The van der Waals surface area contributed by atoms with E-state index in [9.17, 15) is 4.79 Å². The first kappa shape index (κ1) is 18.4. The number of hydrogen-bond acceptors (Lipinski definition) is 4. The number of fused-ring (bicyclic) bond motifs is 1. The molecule has 0 bridgehead atoms. The van der Waals surface area contributed by atoms with E-state index in [1.807, 2.05) is 32.0 Å². The number of carbonyl (C=O) groups excluding carboxylic acids is 1. The van der Waals surface area contributed by atoms with Crippen LogP contribution in [0.4, 0.5) is 0 Å². The molecular weight excluding hydrogens is 316 g/mol. The molecule has 0 spiro atoms. The van der Waals surface area contributed by atoms with Gasteiger partial charge in [-0.05, 0) is 37.7 Å². The SMILES string of the molecule is CC1(C)OC(CCc2ccccc2)C2C(=O)OC(C(C)(C)C)CC2O1. The predicted molar refractivity (Wildman–Crippen MR) is 96.0 cm³/mol. The van der Waals surface area contributed by atoms with Gasteiger partial charge in [0, 0.05) is 6.42 Å². The van der Waals surface area contributed by atoms with Crippen molar-refractivity contribution in [3.63, 3.8) is 0 Å². The summed E-state index contributed by atoms with van der Waals surface area (Å²) in [7, 11) is 0. The van der Waals surface area contributed by atoms with Crippen LogP contribution >= 0.6 is 0 Å². The largest absolute Gasteiger partial charge is 0.461 e. The van der Waals surface area contributed by atoms with Gasteiger partial charge in [0.15, 0.2) is 5.79 Å². The Morgan fingerprint density at radius 2 is 1.80 bits per heavy atom. The molecule has 1 aromatic rings. The van der Waals surface area contributed by atoms with Crippen LogP contribution in [0.25, 0.3) is 0 Å². The van der Waals surface area contributed by atoms with Crippen LogP contribution in [-0.4, -0.2) is 30.1 Å². The lowest BCUT2D eigenvalue weighted by molar-refractivity contribution is -0.332. The van der Waals surface area contributed by atoms with E-state index in [2.05, 4.69) is 32.9 Å². The van der Waals surface area contributed by atoms with Crippen LogP contribution in [0.1, 0.15) is 53.0 Å². The molecule has 0 amide bonds. The van der Waals surface area contributed by atoms with Gasteiger partial charge >= 0.3 is 5.97 Å². The van der Waals surface area contributed by atoms with Gasteiger partial charge in [-0.2, -0.15) is 0 Å². The molecule has 0 N–H and O–H groups in total. The van der Waals surface area contributed by atoms with Crippen LogP contribution in [0.3, 0.4) is 0 Å². The molecule has 0 radical (unpaired) electrons. The van der Waals surface area contributed by atoms with E-state index in [1.165, 1.54) is 5.56 Å². The molecule has 0 aromatic heterocycles. The van der Waals surface area contributed by atoms with Gasteiger partial charge in [-0.1, -0.05) is 51.1 Å². The van der Waals surface area contributed by atoms with Crippen LogP contribution < -0.4 is 0 Å². The minimum absolute atomic E-state index is 0.0913. The van der Waals surface area contributed by atoms with Gasteiger partial charge in [-0.15, -0.1) is 0 Å². The molecule has 3 rings (SSSR count). The number of carbonyl (C=O) groups is 1. The fourth-order valence-electron chi connectivity index (χ4n) is 3.84. The highest BCUT2D eigenvalue weighted by atomic mass is 16.7. The number of ether oxygens (including phenoxy) is 3. The maximum absolute atomic E-state index is 12.7. The highest BCUT2D eigenvalue weighted by Crippen LogP contribution is 2.42. The van der Waals surface area contributed by atoms with Crippen LogP contribution in [0.2, 0.25) is 0 Å². The van der Waals surface area contributed by atoms with Crippen LogP contribution in [0, 0.1) is 11.3 Å². The molecule has 1 aromatic carbocycles. The normalized spacial score (nSPS) is 32.0. The number of rotatable bonds is 3. The van der Waals surface area contributed by atoms with Gasteiger partial charge in [0.25, 0.3) is 0 Å². The third kappa shape index (κ3) is 4.24. The van der Waals surface area contributed by atoms with Crippen molar-refractivity contribution >= 4 is 5.97 Å². The highest BCUT2D eigenvalue weighted by Gasteiger charge is 2.52. The second kappa shape index (κ2) is 6.73. The van der Waals surface area contributed by atoms with Crippen molar-refractivity contribution in [1.29, 1.82) is 0 Å². The average molecular weight is 346 g/mol. The minimum Gasteiger partial charge on any atom is -0.461 e. The fourth-order valence-corrected chi connectivity index (χ4v) is 3.84. The molecule has 2 fully saturated rings. The number of cyclic esters (lactones) is 1. The monoisotopic (exact) mass is 346 g/mol. The average Bonchev–Trinajstić information content (AvgIpc) is 2.51. The molecule has 4 unspecified atom stereocenters. The van der Waals surface area contributed by atoms with E-state index in [0.717, 1.165) is 19.3 Å². The first-order chi connectivity index (χ1) is 11.7. The van der Waals surface area contributed by atoms with E-state index in [0.29, 0.717) is 0 Å². The van der Waals surface area contributed by atoms with Gasteiger partial charge in [0.05, 0.1) is 12.2 Å². The molecule has 4 atom stereocenters. The Morgan fingerprint density at radius 3 is 2.44 bits per heavy atom. The van der Waals surface area contributed by atoms with Crippen molar-refractivity contribution in [2.45, 2.75) is 78.0 Å². The van der Waals surface area contributed by atoms with Gasteiger partial charge in [-0.25, -0.2) is 0 Å². The quantitative estimate of drug-likeness (QED) is 0.773. The molecule has 2 saturated heterocycles. The van der Waals surface area contributed by atoms with Gasteiger partial charge in [0.2, 0.25) is 0 Å². The third-order valence-corrected chi connectivity index (χ3v) is 5.17. The summed E-state index contributed by atoms with van der Waals surface area (Å²) in [5, 5.41) is 0. The van der Waals surface area contributed by atoms with Crippen molar-refractivity contribution < 1.29 is 19.0 Å². The maximum Gasteiger partial charge on any atom is 0.314 e. The lowest BCUT2D eigenvalue weighted by Gasteiger charge is -2.50. The smallest absolute Gasteiger partial charge is 0.314 e. The Morgan fingerprint density at radius 1 is 1.12 bits per heavy atom. The van der Waals surface area contributed by atoms with E-state index in [1.54, 1.807) is 0 Å². The number of hydrogen-bond donors (Lipinski definition) is 0. The second-order valence-corrected chi connectivity index (χ2v) is 8.79. The summed E-state index contributed by atoms with van der Waals surface area (Å²) in [6, 6.07) is 10.3. The predicted octanol–water partition coefficient (Wildman–Crippen LogP) is 4.12. The van der Waals surface area contributed by atoms with Crippen molar-refractivity contribution in [3.8, 4) is 0 Å². The Hall–Kier alpha value is -1.39. The van der Waals surface area contributed by atoms with Gasteiger partial charge < -0.3 is 14.2 Å². The third-order valence-electron chi connectivity index (χ3n) is 5.17. The molecule has 4 nitrogen and oxygen atoms in total. The first-order valence-corrected chi connectivity index (χ1v) is 9.26. The Bertz CT molecular complexity index is 602. The van der Waals surface area contributed by atoms with Crippen molar-refractivity contribution in [3.05, 3.63) is 35.9 Å². The van der Waals surface area contributed by atoms with E-state index in [-0.39, 0.29) is 35.6 Å². The number of esters is 1. The number of benzene rings is 1. The summed E-state index contributed by atoms with van der Waals surface area (Å²) >= 11 is 0. The zero-order valence-electron chi connectivity index (χ0n) is 16.0. The zero-order valence-corrected chi connectivity index (χ0v) is 16.0. The molecule has 2 aliphatic heterocycles. The van der Waals surface area contributed by atoms with Crippen LogP contribution in [-0.2, 0) is 25.4 Å². The van der Waals surface area contributed by atoms with E-state index >= 15 is 0 Å². The molecule has 0 saturated carbocycles. The van der Waals surface area contributed by atoms with Crippen LogP contribution in [0.5, 0.6) is 0 Å². The molecule has 2 aliphatic rings. The molecule has 25 heavy (non-hydrogen) atoms. The summed E-state index contributed by atoms with van der Waals surface area (Å²) in [5.41, 5.74) is 1.16. The molecule has 0 aliphatic carbocycles.